The Labute approximate surface area is 160 Å². The number of nitrogens with one attached hydrogen (secondary N) is 1. The molecule has 140 valence electrons. The lowest BCUT2D eigenvalue weighted by atomic mass is 10.1. The SMILES string of the molecule is CCOc1ccc(NC(=O)c2c(C)nn(Cc3ccc(C)cc3)c2C)cc1. The van der Waals surface area contributed by atoms with Crippen LogP contribution in [-0.2, 0) is 6.54 Å². The molecule has 2 aromatic carbocycles. The average Bonchev–Trinajstić information content (AvgIpc) is 2.92. The highest BCUT2D eigenvalue weighted by Gasteiger charge is 2.19. The van der Waals surface area contributed by atoms with Gasteiger partial charge in [-0.25, -0.2) is 0 Å². The zero-order chi connectivity index (χ0) is 19.4. The maximum Gasteiger partial charge on any atom is 0.259 e. The van der Waals surface area contributed by atoms with Crippen LogP contribution in [0.1, 0.15) is 39.8 Å². The van der Waals surface area contributed by atoms with E-state index >= 15 is 0 Å². The van der Waals surface area contributed by atoms with Crippen LogP contribution >= 0.6 is 0 Å². The number of ether oxygens (including phenoxy) is 1. The summed E-state index contributed by atoms with van der Waals surface area (Å²) in [4.78, 5) is 12.8. The molecule has 0 atom stereocenters. The van der Waals surface area contributed by atoms with Crippen LogP contribution in [0, 0.1) is 20.8 Å². The summed E-state index contributed by atoms with van der Waals surface area (Å²) in [5.74, 6) is 0.637. The fourth-order valence-corrected chi connectivity index (χ4v) is 3.04. The van der Waals surface area contributed by atoms with Gasteiger partial charge in [0.25, 0.3) is 5.91 Å². The van der Waals surface area contributed by atoms with E-state index in [4.69, 9.17) is 4.74 Å². The van der Waals surface area contributed by atoms with Gasteiger partial charge in [-0.15, -0.1) is 0 Å². The molecule has 0 radical (unpaired) electrons. The predicted octanol–water partition coefficient (Wildman–Crippen LogP) is 4.51. The molecule has 0 saturated carbocycles. The number of nitrogens with zero attached hydrogens (tertiary/aromatic N) is 2. The molecule has 3 aromatic rings. The van der Waals surface area contributed by atoms with E-state index in [1.165, 1.54) is 5.56 Å². The second-order valence-electron chi connectivity index (χ2n) is 6.60. The van der Waals surface area contributed by atoms with Crippen LogP contribution in [0.4, 0.5) is 5.69 Å². The minimum absolute atomic E-state index is 0.149. The zero-order valence-electron chi connectivity index (χ0n) is 16.2. The highest BCUT2D eigenvalue weighted by molar-refractivity contribution is 6.05. The van der Waals surface area contributed by atoms with Crippen LogP contribution in [0.5, 0.6) is 5.75 Å². The molecule has 0 aliphatic rings. The van der Waals surface area contributed by atoms with E-state index in [1.54, 1.807) is 0 Å². The number of benzene rings is 2. The largest absolute Gasteiger partial charge is 0.494 e. The highest BCUT2D eigenvalue weighted by Crippen LogP contribution is 2.19. The zero-order valence-corrected chi connectivity index (χ0v) is 16.2. The molecular weight excluding hydrogens is 338 g/mol. The Morgan fingerprint density at radius 3 is 2.33 bits per heavy atom. The Hall–Kier alpha value is -3.08. The minimum Gasteiger partial charge on any atom is -0.494 e. The molecule has 0 unspecified atom stereocenters. The molecule has 1 N–H and O–H groups in total. The van der Waals surface area contributed by atoms with Gasteiger partial charge in [-0.3, -0.25) is 9.48 Å². The van der Waals surface area contributed by atoms with E-state index in [-0.39, 0.29) is 5.91 Å². The number of anilines is 1. The number of carbonyl (C=O) groups is 1. The predicted molar refractivity (Wildman–Crippen MR) is 108 cm³/mol. The van der Waals surface area contributed by atoms with E-state index in [0.717, 1.165) is 28.4 Å². The van der Waals surface area contributed by atoms with Gasteiger partial charge in [0.15, 0.2) is 0 Å². The van der Waals surface area contributed by atoms with Crippen molar-refractivity contribution < 1.29 is 9.53 Å². The molecule has 1 aromatic heterocycles. The van der Waals surface area contributed by atoms with Crippen LogP contribution < -0.4 is 10.1 Å². The summed E-state index contributed by atoms with van der Waals surface area (Å²) in [5, 5.41) is 7.51. The summed E-state index contributed by atoms with van der Waals surface area (Å²) in [6.45, 7) is 9.06. The number of carbonyl (C=O) groups excluding carboxylic acids is 1. The Morgan fingerprint density at radius 2 is 1.70 bits per heavy atom. The highest BCUT2D eigenvalue weighted by atomic mass is 16.5. The van der Waals surface area contributed by atoms with Crippen molar-refractivity contribution in [3.05, 3.63) is 76.6 Å². The number of amides is 1. The number of aromatic nitrogens is 2. The number of rotatable bonds is 6. The number of aryl methyl sites for hydroxylation is 2. The van der Waals surface area contributed by atoms with Gasteiger partial charge >= 0.3 is 0 Å². The van der Waals surface area contributed by atoms with Crippen LogP contribution in [0.15, 0.2) is 48.5 Å². The number of hydrogen-bond donors (Lipinski definition) is 1. The molecule has 0 bridgehead atoms. The molecule has 0 saturated heterocycles. The first-order valence-electron chi connectivity index (χ1n) is 9.11. The standard InChI is InChI=1S/C22H25N3O2/c1-5-27-20-12-10-19(11-13-20)23-22(26)21-16(3)24-25(17(21)4)14-18-8-6-15(2)7-9-18/h6-13H,5,14H2,1-4H3,(H,23,26). The summed E-state index contributed by atoms with van der Waals surface area (Å²) in [6, 6.07) is 15.7. The van der Waals surface area contributed by atoms with E-state index in [1.807, 2.05) is 49.7 Å². The minimum atomic E-state index is -0.149. The molecule has 0 fully saturated rings. The maximum atomic E-state index is 12.8. The van der Waals surface area contributed by atoms with Crippen LogP contribution in [-0.4, -0.2) is 22.3 Å². The topological polar surface area (TPSA) is 56.1 Å². The van der Waals surface area contributed by atoms with E-state index in [2.05, 4.69) is 41.6 Å². The van der Waals surface area contributed by atoms with Crippen molar-refractivity contribution in [3.63, 3.8) is 0 Å². The third-order valence-corrected chi connectivity index (χ3v) is 4.48. The molecule has 0 spiro atoms. The van der Waals surface area contributed by atoms with Crippen molar-refractivity contribution in [1.82, 2.24) is 9.78 Å². The fraction of sp³-hybridized carbons (Fsp3) is 0.273. The van der Waals surface area contributed by atoms with Gasteiger partial charge in [0.1, 0.15) is 5.75 Å². The summed E-state index contributed by atoms with van der Waals surface area (Å²) >= 11 is 0. The monoisotopic (exact) mass is 363 g/mol. The quantitative estimate of drug-likeness (QED) is 0.701. The lowest BCUT2D eigenvalue weighted by Gasteiger charge is -2.08. The molecular formula is C22H25N3O2. The summed E-state index contributed by atoms with van der Waals surface area (Å²) in [5.41, 5.74) is 5.32. The summed E-state index contributed by atoms with van der Waals surface area (Å²) < 4.78 is 7.31. The van der Waals surface area contributed by atoms with Gasteiger partial charge in [-0.1, -0.05) is 29.8 Å². The summed E-state index contributed by atoms with van der Waals surface area (Å²) in [6.07, 6.45) is 0. The lowest BCUT2D eigenvalue weighted by Crippen LogP contribution is -2.14. The fourth-order valence-electron chi connectivity index (χ4n) is 3.04. The Morgan fingerprint density at radius 1 is 1.04 bits per heavy atom. The van der Waals surface area contributed by atoms with E-state index < -0.39 is 0 Å². The van der Waals surface area contributed by atoms with Gasteiger partial charge in [-0.2, -0.15) is 5.10 Å². The molecule has 0 aliphatic carbocycles. The maximum absolute atomic E-state index is 12.8. The van der Waals surface area contributed by atoms with Crippen LogP contribution in [0.25, 0.3) is 0 Å². The average molecular weight is 363 g/mol. The van der Waals surface area contributed by atoms with Crippen molar-refractivity contribution in [3.8, 4) is 5.75 Å². The van der Waals surface area contributed by atoms with Crippen molar-refractivity contribution in [1.29, 1.82) is 0 Å². The van der Waals surface area contributed by atoms with Crippen molar-refractivity contribution >= 4 is 11.6 Å². The molecule has 3 rings (SSSR count). The third kappa shape index (κ3) is 4.37. The van der Waals surface area contributed by atoms with Crippen LogP contribution in [0.3, 0.4) is 0 Å². The molecule has 5 nitrogen and oxygen atoms in total. The van der Waals surface area contributed by atoms with Gasteiger partial charge in [0.05, 0.1) is 24.4 Å². The first kappa shape index (κ1) is 18.7. The van der Waals surface area contributed by atoms with Gasteiger partial charge in [0, 0.05) is 11.4 Å². The van der Waals surface area contributed by atoms with E-state index in [9.17, 15) is 4.79 Å². The second kappa shape index (κ2) is 8.08. The first-order chi connectivity index (χ1) is 13.0. The van der Waals surface area contributed by atoms with Gasteiger partial charge < -0.3 is 10.1 Å². The molecule has 27 heavy (non-hydrogen) atoms. The molecule has 1 heterocycles. The first-order valence-corrected chi connectivity index (χ1v) is 9.11. The van der Waals surface area contributed by atoms with Gasteiger partial charge in [-0.05, 0) is 57.5 Å². The van der Waals surface area contributed by atoms with Crippen LogP contribution in [0.2, 0.25) is 0 Å². The normalized spacial score (nSPS) is 10.7. The Kier molecular flexibility index (Phi) is 5.60. The summed E-state index contributed by atoms with van der Waals surface area (Å²) in [7, 11) is 0. The third-order valence-electron chi connectivity index (χ3n) is 4.48. The van der Waals surface area contributed by atoms with Crippen molar-refractivity contribution in [2.75, 3.05) is 11.9 Å². The number of hydrogen-bond acceptors (Lipinski definition) is 3. The Balaban J connectivity index is 1.76. The lowest BCUT2D eigenvalue weighted by molar-refractivity contribution is 0.102. The van der Waals surface area contributed by atoms with E-state index in [0.29, 0.717) is 18.7 Å². The Bertz CT molecular complexity index is 925. The smallest absolute Gasteiger partial charge is 0.259 e. The molecule has 0 aliphatic heterocycles. The van der Waals surface area contributed by atoms with Crippen molar-refractivity contribution in [2.45, 2.75) is 34.2 Å². The van der Waals surface area contributed by atoms with Crippen molar-refractivity contribution in [2.24, 2.45) is 0 Å². The second-order valence-corrected chi connectivity index (χ2v) is 6.60. The molecule has 5 heteroatoms. The van der Waals surface area contributed by atoms with Gasteiger partial charge in [0.2, 0.25) is 0 Å². The molecule has 1 amide bonds.